The number of nitrogens with zero attached hydrogens (tertiary/aromatic N) is 2. The van der Waals surface area contributed by atoms with Gasteiger partial charge < -0.3 is 9.15 Å². The Kier molecular flexibility index (Phi) is 4.26. The van der Waals surface area contributed by atoms with Gasteiger partial charge in [0.2, 0.25) is 0 Å². The molecule has 0 fully saturated rings. The van der Waals surface area contributed by atoms with Gasteiger partial charge in [-0.3, -0.25) is 0 Å². The molecule has 0 spiro atoms. The van der Waals surface area contributed by atoms with Crippen LogP contribution in [0.2, 0.25) is 0 Å². The van der Waals surface area contributed by atoms with Gasteiger partial charge in [-0.15, -0.1) is 5.10 Å². The van der Waals surface area contributed by atoms with Crippen LogP contribution in [0.1, 0.15) is 20.8 Å². The van der Waals surface area contributed by atoms with Crippen LogP contribution < -0.4 is 5.32 Å². The number of rotatable bonds is 2. The highest BCUT2D eigenvalue weighted by Crippen LogP contribution is 2.28. The van der Waals surface area contributed by atoms with Gasteiger partial charge in [0, 0.05) is 4.47 Å². The van der Waals surface area contributed by atoms with E-state index in [2.05, 4.69) is 31.4 Å². The summed E-state index contributed by atoms with van der Waals surface area (Å²) in [5.41, 5.74) is -0.117. The van der Waals surface area contributed by atoms with E-state index in [1.165, 1.54) is 18.2 Å². The van der Waals surface area contributed by atoms with Crippen molar-refractivity contribution >= 4 is 28.0 Å². The fourth-order valence-corrected chi connectivity index (χ4v) is 1.96. The number of ether oxygens (including phenoxy) is 1. The lowest BCUT2D eigenvalue weighted by atomic mass is 10.2. The van der Waals surface area contributed by atoms with Crippen LogP contribution in [0.5, 0.6) is 0 Å². The Bertz CT molecular complexity index is 667. The Balaban J connectivity index is 2.13. The summed E-state index contributed by atoms with van der Waals surface area (Å²) in [6.07, 6.45) is -0.698. The van der Waals surface area contributed by atoms with Crippen LogP contribution in [-0.2, 0) is 4.74 Å². The smallest absolute Gasteiger partial charge is 0.415 e. The molecule has 1 N–H and O–H groups in total. The van der Waals surface area contributed by atoms with E-state index < -0.39 is 17.5 Å². The second-order valence-electron chi connectivity index (χ2n) is 5.16. The van der Waals surface area contributed by atoms with Gasteiger partial charge in [-0.1, -0.05) is 5.10 Å². The standard InChI is InChI=1S/C13H13BrFN3O3/c1-13(2,3)21-12(19)16-11-18-17-10(20-11)8-5-4-7(15)6-9(8)14/h4-6H,1-3H3,(H,16,18,19). The van der Waals surface area contributed by atoms with Crippen LogP contribution in [0.4, 0.5) is 15.2 Å². The van der Waals surface area contributed by atoms with Crippen molar-refractivity contribution in [3.63, 3.8) is 0 Å². The summed E-state index contributed by atoms with van der Waals surface area (Å²) in [5.74, 6) is -0.245. The molecule has 0 aliphatic heterocycles. The number of benzene rings is 1. The van der Waals surface area contributed by atoms with Gasteiger partial charge in [-0.25, -0.2) is 14.5 Å². The largest absolute Gasteiger partial charge is 0.443 e. The Hall–Kier alpha value is -1.96. The molecule has 0 atom stereocenters. The summed E-state index contributed by atoms with van der Waals surface area (Å²) in [5, 5.41) is 9.80. The molecule has 0 aliphatic carbocycles. The molecule has 1 heterocycles. The summed E-state index contributed by atoms with van der Waals surface area (Å²) >= 11 is 3.20. The van der Waals surface area contributed by atoms with Crippen molar-refractivity contribution in [3.05, 3.63) is 28.5 Å². The lowest BCUT2D eigenvalue weighted by Crippen LogP contribution is -2.27. The quantitative estimate of drug-likeness (QED) is 0.879. The van der Waals surface area contributed by atoms with E-state index in [1.54, 1.807) is 20.8 Å². The van der Waals surface area contributed by atoms with Gasteiger partial charge in [0.05, 0.1) is 5.56 Å². The first-order valence-corrected chi connectivity index (χ1v) is 6.83. The van der Waals surface area contributed by atoms with Gasteiger partial charge in [0.25, 0.3) is 5.89 Å². The zero-order valence-electron chi connectivity index (χ0n) is 11.6. The fourth-order valence-electron chi connectivity index (χ4n) is 1.44. The average Bonchev–Trinajstić information content (AvgIpc) is 2.74. The van der Waals surface area contributed by atoms with Gasteiger partial charge in [0.15, 0.2) is 0 Å². The Morgan fingerprint density at radius 3 is 2.71 bits per heavy atom. The summed E-state index contributed by atoms with van der Waals surface area (Å²) in [6.45, 7) is 5.21. The zero-order valence-corrected chi connectivity index (χ0v) is 13.2. The van der Waals surface area contributed by atoms with Gasteiger partial charge >= 0.3 is 12.1 Å². The van der Waals surface area contributed by atoms with Crippen molar-refractivity contribution in [2.45, 2.75) is 26.4 Å². The van der Waals surface area contributed by atoms with E-state index in [1.807, 2.05) is 0 Å². The minimum absolute atomic E-state index is 0.101. The third-order valence-corrected chi connectivity index (χ3v) is 2.85. The average molecular weight is 358 g/mol. The summed E-state index contributed by atoms with van der Waals surface area (Å²) in [6, 6.07) is 3.94. The monoisotopic (exact) mass is 357 g/mol. The Labute approximate surface area is 128 Å². The molecular weight excluding hydrogens is 345 g/mol. The van der Waals surface area contributed by atoms with Crippen LogP contribution in [0.3, 0.4) is 0 Å². The normalized spacial score (nSPS) is 11.3. The molecule has 0 radical (unpaired) electrons. The molecule has 112 valence electrons. The predicted octanol–water partition coefficient (Wildman–Crippen LogP) is 3.99. The van der Waals surface area contributed by atoms with E-state index in [0.717, 1.165) is 0 Å². The number of hydrogen-bond acceptors (Lipinski definition) is 5. The summed E-state index contributed by atoms with van der Waals surface area (Å²) in [4.78, 5) is 11.6. The molecule has 0 unspecified atom stereocenters. The van der Waals surface area contributed by atoms with Crippen molar-refractivity contribution in [3.8, 4) is 11.5 Å². The van der Waals surface area contributed by atoms with E-state index in [4.69, 9.17) is 9.15 Å². The minimum atomic E-state index is -0.698. The number of anilines is 1. The fraction of sp³-hybridized carbons (Fsp3) is 0.308. The van der Waals surface area contributed by atoms with Gasteiger partial charge in [0.1, 0.15) is 11.4 Å². The highest BCUT2D eigenvalue weighted by molar-refractivity contribution is 9.10. The molecule has 0 saturated carbocycles. The lowest BCUT2D eigenvalue weighted by molar-refractivity contribution is 0.0632. The molecule has 1 amide bonds. The van der Waals surface area contributed by atoms with E-state index in [0.29, 0.717) is 10.0 Å². The first-order valence-electron chi connectivity index (χ1n) is 6.03. The third-order valence-electron chi connectivity index (χ3n) is 2.19. The summed E-state index contributed by atoms with van der Waals surface area (Å²) < 4.78 is 23.8. The van der Waals surface area contributed by atoms with Crippen molar-refractivity contribution in [1.29, 1.82) is 0 Å². The third kappa shape index (κ3) is 4.25. The molecule has 0 saturated heterocycles. The zero-order chi connectivity index (χ0) is 15.6. The van der Waals surface area contributed by atoms with E-state index in [9.17, 15) is 9.18 Å². The number of carbonyl (C=O) groups is 1. The van der Waals surface area contributed by atoms with Crippen molar-refractivity contribution in [1.82, 2.24) is 10.2 Å². The Morgan fingerprint density at radius 2 is 2.10 bits per heavy atom. The molecule has 2 aromatic rings. The number of aromatic nitrogens is 2. The molecular formula is C13H13BrFN3O3. The van der Waals surface area contributed by atoms with Crippen LogP contribution in [0.15, 0.2) is 27.1 Å². The van der Waals surface area contributed by atoms with Crippen LogP contribution >= 0.6 is 15.9 Å². The highest BCUT2D eigenvalue weighted by atomic mass is 79.9. The maximum atomic E-state index is 13.0. The second kappa shape index (κ2) is 5.80. The number of halogens is 2. The molecule has 1 aromatic heterocycles. The lowest BCUT2D eigenvalue weighted by Gasteiger charge is -2.18. The first-order chi connectivity index (χ1) is 9.74. The number of carbonyl (C=O) groups excluding carboxylic acids is 1. The minimum Gasteiger partial charge on any atom is -0.443 e. The van der Waals surface area contributed by atoms with Gasteiger partial charge in [-0.05, 0) is 54.9 Å². The highest BCUT2D eigenvalue weighted by Gasteiger charge is 2.19. The van der Waals surface area contributed by atoms with E-state index >= 15 is 0 Å². The topological polar surface area (TPSA) is 77.2 Å². The number of amides is 1. The molecule has 0 bridgehead atoms. The van der Waals surface area contributed by atoms with Crippen molar-refractivity contribution < 1.29 is 18.3 Å². The SMILES string of the molecule is CC(C)(C)OC(=O)Nc1nnc(-c2ccc(F)cc2Br)o1. The maximum Gasteiger partial charge on any atom is 0.415 e. The van der Waals surface area contributed by atoms with Crippen molar-refractivity contribution in [2.24, 2.45) is 0 Å². The van der Waals surface area contributed by atoms with Crippen molar-refractivity contribution in [2.75, 3.05) is 5.32 Å². The van der Waals surface area contributed by atoms with E-state index in [-0.39, 0.29) is 11.9 Å². The molecule has 8 heteroatoms. The summed E-state index contributed by atoms with van der Waals surface area (Å²) in [7, 11) is 0. The van der Waals surface area contributed by atoms with Crippen LogP contribution in [0.25, 0.3) is 11.5 Å². The molecule has 1 aromatic carbocycles. The molecule has 6 nitrogen and oxygen atoms in total. The first kappa shape index (κ1) is 15.4. The Morgan fingerprint density at radius 1 is 1.38 bits per heavy atom. The number of nitrogens with one attached hydrogen (secondary N) is 1. The molecule has 2 rings (SSSR count). The molecule has 0 aliphatic rings. The second-order valence-corrected chi connectivity index (χ2v) is 6.02. The van der Waals surface area contributed by atoms with Gasteiger partial charge in [-0.2, -0.15) is 0 Å². The number of hydrogen-bond donors (Lipinski definition) is 1. The maximum absolute atomic E-state index is 13.0. The van der Waals surface area contributed by atoms with Crippen LogP contribution in [-0.4, -0.2) is 21.9 Å². The predicted molar refractivity (Wildman–Crippen MR) is 77.2 cm³/mol. The van der Waals surface area contributed by atoms with Crippen LogP contribution in [0, 0.1) is 5.82 Å². The molecule has 21 heavy (non-hydrogen) atoms.